The van der Waals surface area contributed by atoms with E-state index in [4.69, 9.17) is 39.5 Å². The van der Waals surface area contributed by atoms with Crippen molar-refractivity contribution in [2.75, 3.05) is 4.90 Å². The number of amides is 4. The molecule has 4 rings (SSSR count). The Labute approximate surface area is 219 Å². The van der Waals surface area contributed by atoms with Crippen molar-refractivity contribution in [3.63, 3.8) is 0 Å². The predicted octanol–water partition coefficient (Wildman–Crippen LogP) is 5.80. The fourth-order valence-corrected chi connectivity index (χ4v) is 3.97. The minimum Gasteiger partial charge on any atom is -0.488 e. The summed E-state index contributed by atoms with van der Waals surface area (Å²) in [5.41, 5.74) is 0.392. The van der Waals surface area contributed by atoms with Gasteiger partial charge in [-0.15, -0.1) is 0 Å². The summed E-state index contributed by atoms with van der Waals surface area (Å²) in [5, 5.41) is 14.2. The summed E-state index contributed by atoms with van der Waals surface area (Å²) < 4.78 is 5.86. The highest BCUT2D eigenvalue weighted by Gasteiger charge is 2.37. The fraction of sp³-hybridized carbons (Fsp3) is 0.0417. The summed E-state index contributed by atoms with van der Waals surface area (Å²) in [5.74, 6) is -1.56. The van der Waals surface area contributed by atoms with E-state index in [1.807, 2.05) is 0 Å². The van der Waals surface area contributed by atoms with Crippen molar-refractivity contribution in [3.8, 4) is 5.75 Å². The van der Waals surface area contributed by atoms with E-state index in [0.717, 1.165) is 12.1 Å². The van der Waals surface area contributed by atoms with Crippen LogP contribution in [-0.4, -0.2) is 22.8 Å². The summed E-state index contributed by atoms with van der Waals surface area (Å²) in [6.45, 7) is 0.0569. The first kappa shape index (κ1) is 25.2. The van der Waals surface area contributed by atoms with Crippen LogP contribution < -0.4 is 15.0 Å². The molecule has 0 aromatic heterocycles. The largest absolute Gasteiger partial charge is 0.488 e. The lowest BCUT2D eigenvalue weighted by molar-refractivity contribution is -0.384. The Balaban J connectivity index is 1.66. The number of hydrogen-bond acceptors (Lipinski definition) is 6. The van der Waals surface area contributed by atoms with Crippen LogP contribution >= 0.6 is 34.8 Å². The first-order valence-corrected chi connectivity index (χ1v) is 11.3. The van der Waals surface area contributed by atoms with Crippen LogP contribution in [0.3, 0.4) is 0 Å². The highest BCUT2D eigenvalue weighted by molar-refractivity contribution is 6.39. The summed E-state index contributed by atoms with van der Waals surface area (Å²) in [7, 11) is 0. The van der Waals surface area contributed by atoms with Crippen molar-refractivity contribution in [2.24, 2.45) is 0 Å². The molecule has 1 aliphatic heterocycles. The average molecular weight is 547 g/mol. The van der Waals surface area contributed by atoms with Crippen molar-refractivity contribution in [1.82, 2.24) is 5.32 Å². The van der Waals surface area contributed by atoms with Gasteiger partial charge < -0.3 is 4.74 Å². The molecule has 9 nitrogen and oxygen atoms in total. The van der Waals surface area contributed by atoms with Crippen molar-refractivity contribution < 1.29 is 24.0 Å². The Morgan fingerprint density at radius 1 is 0.944 bits per heavy atom. The van der Waals surface area contributed by atoms with E-state index in [2.05, 4.69) is 5.32 Å². The number of nitro groups is 1. The number of ether oxygens (including phenoxy) is 1. The van der Waals surface area contributed by atoms with Gasteiger partial charge in [-0.05, 0) is 48.5 Å². The van der Waals surface area contributed by atoms with Gasteiger partial charge in [0.15, 0.2) is 0 Å². The zero-order chi connectivity index (χ0) is 26.0. The topological polar surface area (TPSA) is 119 Å². The molecule has 0 aliphatic carbocycles. The maximum Gasteiger partial charge on any atom is 0.335 e. The molecule has 1 heterocycles. The van der Waals surface area contributed by atoms with Crippen LogP contribution in [0, 0.1) is 10.1 Å². The normalized spacial score (nSPS) is 14.7. The van der Waals surface area contributed by atoms with Crippen LogP contribution in [0.15, 0.2) is 66.2 Å². The Morgan fingerprint density at radius 3 is 2.28 bits per heavy atom. The minimum atomic E-state index is -0.990. The van der Waals surface area contributed by atoms with Crippen LogP contribution in [0.2, 0.25) is 15.1 Å². The molecule has 4 amide bonds. The monoisotopic (exact) mass is 545 g/mol. The molecule has 3 aromatic rings. The molecule has 0 unspecified atom stereocenters. The molecule has 1 N–H and O–H groups in total. The number of nitrogens with one attached hydrogen (secondary N) is 1. The smallest absolute Gasteiger partial charge is 0.335 e. The van der Waals surface area contributed by atoms with Gasteiger partial charge in [0.2, 0.25) is 0 Å². The van der Waals surface area contributed by atoms with Gasteiger partial charge in [0.25, 0.3) is 17.5 Å². The number of halogens is 3. The van der Waals surface area contributed by atoms with E-state index in [0.29, 0.717) is 31.1 Å². The van der Waals surface area contributed by atoms with Crippen LogP contribution in [0.1, 0.15) is 11.1 Å². The van der Waals surface area contributed by atoms with Gasteiger partial charge in [-0.1, -0.05) is 40.9 Å². The second-order valence-corrected chi connectivity index (χ2v) is 8.72. The summed E-state index contributed by atoms with van der Waals surface area (Å²) in [6.07, 6.45) is 1.24. The molecule has 0 atom stereocenters. The minimum absolute atomic E-state index is 0.0430. The summed E-state index contributed by atoms with van der Waals surface area (Å²) in [4.78, 5) is 49.1. The number of carbonyl (C=O) groups excluding carboxylic acids is 3. The van der Waals surface area contributed by atoms with Gasteiger partial charge >= 0.3 is 6.03 Å². The molecule has 0 saturated carbocycles. The van der Waals surface area contributed by atoms with Gasteiger partial charge in [-0.2, -0.15) is 0 Å². The number of rotatable bonds is 6. The number of non-ortho nitro benzene ring substituents is 1. The number of nitrogens with zero attached hydrogens (tertiary/aromatic N) is 2. The van der Waals surface area contributed by atoms with Crippen molar-refractivity contribution in [1.29, 1.82) is 0 Å². The third-order valence-electron chi connectivity index (χ3n) is 5.09. The molecule has 1 fully saturated rings. The van der Waals surface area contributed by atoms with Gasteiger partial charge in [-0.3, -0.25) is 25.0 Å². The third kappa shape index (κ3) is 5.33. The van der Waals surface area contributed by atoms with Crippen molar-refractivity contribution in [3.05, 3.63) is 103 Å². The maximum absolute atomic E-state index is 13.2. The highest BCUT2D eigenvalue weighted by atomic mass is 35.5. The van der Waals surface area contributed by atoms with Crippen LogP contribution in [0.4, 0.5) is 16.2 Å². The number of hydrogen-bond donors (Lipinski definition) is 1. The molecule has 0 bridgehead atoms. The van der Waals surface area contributed by atoms with Gasteiger partial charge in [0, 0.05) is 38.3 Å². The Kier molecular flexibility index (Phi) is 7.25. The van der Waals surface area contributed by atoms with Crippen LogP contribution in [0.5, 0.6) is 5.75 Å². The Hall–Kier alpha value is -3.92. The lowest BCUT2D eigenvalue weighted by Crippen LogP contribution is -2.54. The van der Waals surface area contributed by atoms with Gasteiger partial charge in [0.05, 0.1) is 10.6 Å². The molecule has 3 aromatic carbocycles. The summed E-state index contributed by atoms with van der Waals surface area (Å²) >= 11 is 18.3. The fourth-order valence-electron chi connectivity index (χ4n) is 3.33. The SMILES string of the molecule is O=C1NC(=O)N(c2ccc([N+](=O)[O-])cc2)C(=O)/C1=C/c1cc(Cl)ccc1OCc1ccc(Cl)cc1Cl. The van der Waals surface area contributed by atoms with Crippen molar-refractivity contribution in [2.45, 2.75) is 6.61 Å². The first-order chi connectivity index (χ1) is 17.1. The van der Waals surface area contributed by atoms with Gasteiger partial charge in [-0.25, -0.2) is 9.69 Å². The standard InChI is InChI=1S/C24H14Cl3N3O6/c25-15-3-8-21(36-12-13-1-2-16(26)11-20(13)27)14(9-15)10-19-22(31)28-24(33)29(23(19)32)17-4-6-18(7-5-17)30(34)35/h1-11H,12H2,(H,28,31,33)/b19-10+. The van der Waals surface area contributed by atoms with E-state index in [1.165, 1.54) is 24.3 Å². The molecule has 0 radical (unpaired) electrons. The molecular formula is C24H14Cl3N3O6. The Morgan fingerprint density at radius 2 is 1.61 bits per heavy atom. The summed E-state index contributed by atoms with van der Waals surface area (Å²) in [6, 6.07) is 13.3. The van der Waals surface area contributed by atoms with E-state index >= 15 is 0 Å². The zero-order valence-electron chi connectivity index (χ0n) is 18.0. The lowest BCUT2D eigenvalue weighted by Gasteiger charge is -2.26. The second-order valence-electron chi connectivity index (χ2n) is 7.44. The number of nitro benzene ring substituents is 1. The van der Waals surface area contributed by atoms with Crippen LogP contribution in [-0.2, 0) is 16.2 Å². The maximum atomic E-state index is 13.2. The highest BCUT2D eigenvalue weighted by Crippen LogP contribution is 2.30. The number of barbiturate groups is 1. The number of carbonyl (C=O) groups is 3. The lowest BCUT2D eigenvalue weighted by atomic mass is 10.1. The van der Waals surface area contributed by atoms with Crippen LogP contribution in [0.25, 0.3) is 6.08 Å². The number of benzene rings is 3. The molecule has 0 spiro atoms. The van der Waals surface area contributed by atoms with Crippen molar-refractivity contribution >= 4 is 70.1 Å². The molecule has 12 heteroatoms. The van der Waals surface area contributed by atoms with E-state index < -0.39 is 22.8 Å². The predicted molar refractivity (Wildman–Crippen MR) is 134 cm³/mol. The molecule has 1 aliphatic rings. The zero-order valence-corrected chi connectivity index (χ0v) is 20.3. The average Bonchev–Trinajstić information content (AvgIpc) is 2.82. The second kappa shape index (κ2) is 10.4. The molecule has 182 valence electrons. The van der Waals surface area contributed by atoms with E-state index in [-0.39, 0.29) is 29.3 Å². The number of anilines is 1. The van der Waals surface area contributed by atoms with Gasteiger partial charge in [0.1, 0.15) is 17.9 Å². The molecule has 1 saturated heterocycles. The molecular weight excluding hydrogens is 533 g/mol. The Bertz CT molecular complexity index is 1440. The number of urea groups is 1. The number of imide groups is 2. The van der Waals surface area contributed by atoms with E-state index in [1.54, 1.807) is 30.3 Å². The molecule has 36 heavy (non-hydrogen) atoms. The quantitative estimate of drug-likeness (QED) is 0.181. The first-order valence-electron chi connectivity index (χ1n) is 10.2. The van der Waals surface area contributed by atoms with E-state index in [9.17, 15) is 24.5 Å². The third-order valence-corrected chi connectivity index (χ3v) is 5.91.